The maximum absolute atomic E-state index is 12.5. The number of carboxylic acids is 1. The van der Waals surface area contributed by atoms with Crippen molar-refractivity contribution in [1.82, 2.24) is 4.98 Å². The Morgan fingerprint density at radius 2 is 1.80 bits per heavy atom. The quantitative estimate of drug-likeness (QED) is 0.842. The SMILES string of the molecule is CC(C)(C)c1ccccc1C(=O)c1c[nH]c(C(=O)O)c1. The Morgan fingerprint density at radius 1 is 1.15 bits per heavy atom. The van der Waals surface area contributed by atoms with Gasteiger partial charge in [0.1, 0.15) is 5.69 Å². The van der Waals surface area contributed by atoms with Crippen LogP contribution in [-0.2, 0) is 5.41 Å². The van der Waals surface area contributed by atoms with Crippen molar-refractivity contribution in [3.8, 4) is 0 Å². The molecule has 0 aliphatic heterocycles. The summed E-state index contributed by atoms with van der Waals surface area (Å²) in [6, 6.07) is 8.78. The van der Waals surface area contributed by atoms with E-state index in [1.807, 2.05) is 39.0 Å². The van der Waals surface area contributed by atoms with Crippen molar-refractivity contribution in [2.45, 2.75) is 26.2 Å². The standard InChI is InChI=1S/C16H17NO3/c1-16(2,3)12-7-5-4-6-11(12)14(18)10-8-13(15(19)20)17-9-10/h4-9,17H,1-3H3,(H,19,20). The summed E-state index contributed by atoms with van der Waals surface area (Å²) in [5.74, 6) is -1.24. The van der Waals surface area contributed by atoms with E-state index in [0.29, 0.717) is 11.1 Å². The number of carbonyl (C=O) groups is 2. The average molecular weight is 271 g/mol. The second-order valence-corrected chi connectivity index (χ2v) is 5.73. The molecule has 0 bridgehead atoms. The number of nitrogens with one attached hydrogen (secondary N) is 1. The van der Waals surface area contributed by atoms with Crippen molar-refractivity contribution in [3.05, 3.63) is 58.9 Å². The van der Waals surface area contributed by atoms with Gasteiger partial charge in [0.2, 0.25) is 0 Å². The fourth-order valence-corrected chi connectivity index (χ4v) is 2.14. The molecule has 2 N–H and O–H groups in total. The molecule has 0 radical (unpaired) electrons. The van der Waals surface area contributed by atoms with Crippen molar-refractivity contribution < 1.29 is 14.7 Å². The highest BCUT2D eigenvalue weighted by atomic mass is 16.4. The molecule has 20 heavy (non-hydrogen) atoms. The number of aromatic carboxylic acids is 1. The van der Waals surface area contributed by atoms with Gasteiger partial charge in [-0.2, -0.15) is 0 Å². The van der Waals surface area contributed by atoms with E-state index >= 15 is 0 Å². The Kier molecular flexibility index (Phi) is 3.49. The van der Waals surface area contributed by atoms with Crippen LogP contribution < -0.4 is 0 Å². The monoisotopic (exact) mass is 271 g/mol. The van der Waals surface area contributed by atoms with Crippen LogP contribution in [-0.4, -0.2) is 21.8 Å². The lowest BCUT2D eigenvalue weighted by Gasteiger charge is -2.22. The van der Waals surface area contributed by atoms with E-state index in [1.54, 1.807) is 6.07 Å². The summed E-state index contributed by atoms with van der Waals surface area (Å²) >= 11 is 0. The fraction of sp³-hybridized carbons (Fsp3) is 0.250. The fourth-order valence-electron chi connectivity index (χ4n) is 2.14. The molecular weight excluding hydrogens is 254 g/mol. The summed E-state index contributed by atoms with van der Waals surface area (Å²) in [5, 5.41) is 8.89. The molecule has 0 fully saturated rings. The molecular formula is C16H17NO3. The molecule has 0 aliphatic carbocycles. The Balaban J connectivity index is 2.46. The Morgan fingerprint density at radius 3 is 2.35 bits per heavy atom. The van der Waals surface area contributed by atoms with Crippen molar-refractivity contribution in [3.63, 3.8) is 0 Å². The maximum Gasteiger partial charge on any atom is 0.352 e. The van der Waals surface area contributed by atoms with Crippen LogP contribution >= 0.6 is 0 Å². The number of hydrogen-bond acceptors (Lipinski definition) is 2. The van der Waals surface area contributed by atoms with Gasteiger partial charge in [0, 0.05) is 17.3 Å². The molecule has 0 aliphatic rings. The summed E-state index contributed by atoms with van der Waals surface area (Å²) in [7, 11) is 0. The minimum atomic E-state index is -1.08. The van der Waals surface area contributed by atoms with Crippen LogP contribution in [0.15, 0.2) is 36.5 Å². The first kappa shape index (κ1) is 14.1. The van der Waals surface area contributed by atoms with Crippen molar-refractivity contribution >= 4 is 11.8 Å². The third-order valence-corrected chi connectivity index (χ3v) is 3.16. The molecule has 4 heteroatoms. The van der Waals surface area contributed by atoms with E-state index in [9.17, 15) is 9.59 Å². The van der Waals surface area contributed by atoms with Gasteiger partial charge < -0.3 is 10.1 Å². The first-order chi connectivity index (χ1) is 9.30. The van der Waals surface area contributed by atoms with Gasteiger partial charge in [-0.25, -0.2) is 4.79 Å². The van der Waals surface area contributed by atoms with Crippen LogP contribution in [0.3, 0.4) is 0 Å². The molecule has 0 saturated carbocycles. The topological polar surface area (TPSA) is 70.2 Å². The lowest BCUT2D eigenvalue weighted by atomic mass is 9.82. The number of carbonyl (C=O) groups excluding carboxylic acids is 1. The Bertz CT molecular complexity index is 662. The lowest BCUT2D eigenvalue weighted by molar-refractivity contribution is 0.0691. The third kappa shape index (κ3) is 2.64. The Labute approximate surface area is 117 Å². The maximum atomic E-state index is 12.5. The minimum absolute atomic E-state index is 0.0154. The van der Waals surface area contributed by atoms with Crippen molar-refractivity contribution in [2.24, 2.45) is 0 Å². The zero-order valence-corrected chi connectivity index (χ0v) is 11.7. The molecule has 4 nitrogen and oxygen atoms in total. The summed E-state index contributed by atoms with van der Waals surface area (Å²) in [5.41, 5.74) is 1.78. The average Bonchev–Trinajstić information content (AvgIpc) is 2.86. The number of rotatable bonds is 3. The zero-order chi connectivity index (χ0) is 14.9. The second kappa shape index (κ2) is 4.96. The van der Waals surface area contributed by atoms with Crippen LogP contribution in [0.25, 0.3) is 0 Å². The third-order valence-electron chi connectivity index (χ3n) is 3.16. The van der Waals surface area contributed by atoms with Gasteiger partial charge in [-0.15, -0.1) is 0 Å². The number of ketones is 1. The van der Waals surface area contributed by atoms with Crippen LogP contribution in [0.5, 0.6) is 0 Å². The number of benzene rings is 1. The molecule has 0 atom stereocenters. The second-order valence-electron chi connectivity index (χ2n) is 5.73. The molecule has 1 aromatic carbocycles. The zero-order valence-electron chi connectivity index (χ0n) is 11.7. The molecule has 2 aromatic rings. The van der Waals surface area contributed by atoms with Crippen molar-refractivity contribution in [1.29, 1.82) is 0 Å². The van der Waals surface area contributed by atoms with Crippen LogP contribution in [0.2, 0.25) is 0 Å². The van der Waals surface area contributed by atoms with Gasteiger partial charge in [0.05, 0.1) is 0 Å². The van der Waals surface area contributed by atoms with E-state index in [4.69, 9.17) is 5.11 Å². The summed E-state index contributed by atoms with van der Waals surface area (Å²) in [6.45, 7) is 6.12. The lowest BCUT2D eigenvalue weighted by Crippen LogP contribution is -2.17. The highest BCUT2D eigenvalue weighted by molar-refractivity contribution is 6.10. The summed E-state index contributed by atoms with van der Waals surface area (Å²) in [4.78, 5) is 26.0. The highest BCUT2D eigenvalue weighted by Crippen LogP contribution is 2.27. The molecule has 104 valence electrons. The summed E-state index contributed by atoms with van der Waals surface area (Å²) in [6.07, 6.45) is 1.44. The largest absolute Gasteiger partial charge is 0.477 e. The number of aromatic nitrogens is 1. The van der Waals surface area contributed by atoms with Crippen LogP contribution in [0.1, 0.15) is 52.7 Å². The number of hydrogen-bond donors (Lipinski definition) is 2. The Hall–Kier alpha value is -2.36. The number of carboxylic acid groups (broad SMARTS) is 1. The smallest absolute Gasteiger partial charge is 0.352 e. The van der Waals surface area contributed by atoms with Crippen molar-refractivity contribution in [2.75, 3.05) is 0 Å². The minimum Gasteiger partial charge on any atom is -0.477 e. The molecule has 1 aromatic heterocycles. The predicted molar refractivity (Wildman–Crippen MR) is 76.3 cm³/mol. The summed E-state index contributed by atoms with van der Waals surface area (Å²) < 4.78 is 0. The van der Waals surface area contributed by atoms with Gasteiger partial charge in [-0.05, 0) is 17.0 Å². The van der Waals surface area contributed by atoms with E-state index in [-0.39, 0.29) is 16.9 Å². The van der Waals surface area contributed by atoms with E-state index in [0.717, 1.165) is 5.56 Å². The number of H-pyrrole nitrogens is 1. The van der Waals surface area contributed by atoms with E-state index in [2.05, 4.69) is 4.98 Å². The molecule has 2 rings (SSSR count). The van der Waals surface area contributed by atoms with Gasteiger partial charge >= 0.3 is 5.97 Å². The van der Waals surface area contributed by atoms with Gasteiger partial charge in [-0.1, -0.05) is 45.0 Å². The number of aromatic amines is 1. The predicted octanol–water partition coefficient (Wildman–Crippen LogP) is 3.24. The van der Waals surface area contributed by atoms with E-state index in [1.165, 1.54) is 12.3 Å². The first-order valence-corrected chi connectivity index (χ1v) is 6.36. The molecule has 0 amide bonds. The van der Waals surface area contributed by atoms with Crippen LogP contribution in [0.4, 0.5) is 0 Å². The molecule has 0 spiro atoms. The molecule has 1 heterocycles. The molecule has 0 saturated heterocycles. The van der Waals surface area contributed by atoms with Crippen LogP contribution in [0, 0.1) is 0 Å². The van der Waals surface area contributed by atoms with Gasteiger partial charge in [-0.3, -0.25) is 4.79 Å². The normalized spacial score (nSPS) is 11.3. The molecule has 0 unspecified atom stereocenters. The first-order valence-electron chi connectivity index (χ1n) is 6.36. The van der Waals surface area contributed by atoms with E-state index < -0.39 is 5.97 Å². The highest BCUT2D eigenvalue weighted by Gasteiger charge is 2.22. The van der Waals surface area contributed by atoms with Gasteiger partial charge in [0.25, 0.3) is 0 Å². The van der Waals surface area contributed by atoms with Gasteiger partial charge in [0.15, 0.2) is 5.78 Å².